The van der Waals surface area contributed by atoms with Gasteiger partial charge < -0.3 is 5.32 Å². The molecule has 110 valence electrons. The molecule has 0 spiro atoms. The Hall–Kier alpha value is -3.67. The number of nitrogens with one attached hydrogen (secondary N) is 1. The van der Waals surface area contributed by atoms with Crippen molar-refractivity contribution in [2.45, 2.75) is 0 Å². The van der Waals surface area contributed by atoms with Crippen LogP contribution in [0.1, 0.15) is 0 Å². The van der Waals surface area contributed by atoms with E-state index in [1.165, 1.54) is 23.5 Å². The molecule has 0 saturated carbocycles. The fourth-order valence-electron chi connectivity index (χ4n) is 1.81. The first kappa shape index (κ1) is 15.7. The molecule has 0 unspecified atom stereocenters. The van der Waals surface area contributed by atoms with Crippen molar-refractivity contribution in [1.29, 1.82) is 15.8 Å². The fraction of sp³-hybridized carbons (Fsp3) is 0. The van der Waals surface area contributed by atoms with E-state index in [9.17, 15) is 10.1 Å². The van der Waals surface area contributed by atoms with E-state index in [0.717, 1.165) is 10.4 Å². The van der Waals surface area contributed by atoms with Gasteiger partial charge in [-0.15, -0.1) is 11.3 Å². The lowest BCUT2D eigenvalue weighted by Crippen LogP contribution is -2.03. The Morgan fingerprint density at radius 3 is 2.43 bits per heavy atom. The van der Waals surface area contributed by atoms with Crippen molar-refractivity contribution in [1.82, 2.24) is 0 Å². The van der Waals surface area contributed by atoms with Crippen LogP contribution in [-0.2, 0) is 0 Å². The summed E-state index contributed by atoms with van der Waals surface area (Å²) in [7, 11) is 0. The Labute approximate surface area is 135 Å². The van der Waals surface area contributed by atoms with Gasteiger partial charge in [0, 0.05) is 10.9 Å². The minimum Gasteiger partial charge on any atom is -0.340 e. The standard InChI is InChI=1S/C15H7N5O2S/c16-7-11(8-17)13(9-18)19-12-6-10(15-2-1-5-23-15)3-4-14(12)20(21)22/h1-6,19H. The van der Waals surface area contributed by atoms with Crippen molar-refractivity contribution < 1.29 is 4.92 Å². The number of hydrogen-bond donors (Lipinski definition) is 1. The zero-order valence-corrected chi connectivity index (χ0v) is 12.3. The van der Waals surface area contributed by atoms with Gasteiger partial charge in [0.2, 0.25) is 0 Å². The highest BCUT2D eigenvalue weighted by molar-refractivity contribution is 7.13. The molecular weight excluding hydrogens is 314 g/mol. The summed E-state index contributed by atoms with van der Waals surface area (Å²) in [6.45, 7) is 0. The lowest BCUT2D eigenvalue weighted by Gasteiger charge is -2.07. The third-order valence-electron chi connectivity index (χ3n) is 2.84. The number of benzene rings is 1. The Kier molecular flexibility index (Phi) is 4.69. The van der Waals surface area contributed by atoms with Gasteiger partial charge >= 0.3 is 0 Å². The number of nitrogens with zero attached hydrogens (tertiary/aromatic N) is 4. The molecule has 0 aliphatic heterocycles. The normalized spacial score (nSPS) is 9.09. The molecule has 0 saturated heterocycles. The number of nitro benzene ring substituents is 1. The van der Waals surface area contributed by atoms with Crippen molar-refractivity contribution in [3.05, 3.63) is 57.1 Å². The van der Waals surface area contributed by atoms with Gasteiger partial charge in [0.15, 0.2) is 5.57 Å². The summed E-state index contributed by atoms with van der Waals surface area (Å²) in [5.41, 5.74) is -0.264. The second kappa shape index (κ2) is 6.86. The van der Waals surface area contributed by atoms with Crippen molar-refractivity contribution in [3.63, 3.8) is 0 Å². The number of nitro groups is 1. The van der Waals surface area contributed by atoms with Crippen molar-refractivity contribution in [3.8, 4) is 28.6 Å². The van der Waals surface area contributed by atoms with Gasteiger partial charge in [0.05, 0.1) is 4.92 Å². The monoisotopic (exact) mass is 321 g/mol. The second-order valence-electron chi connectivity index (χ2n) is 4.18. The van der Waals surface area contributed by atoms with Crippen LogP contribution in [0.4, 0.5) is 11.4 Å². The first-order chi connectivity index (χ1) is 11.1. The van der Waals surface area contributed by atoms with E-state index < -0.39 is 10.5 Å². The SMILES string of the molecule is N#CC(C#N)=C(C#N)Nc1cc(-c2cccs2)ccc1[N+](=O)[O-]. The average molecular weight is 321 g/mol. The van der Waals surface area contributed by atoms with Gasteiger partial charge in [0.1, 0.15) is 29.6 Å². The molecule has 0 bridgehead atoms. The third kappa shape index (κ3) is 3.33. The molecular formula is C15H7N5O2S. The van der Waals surface area contributed by atoms with Crippen molar-refractivity contribution in [2.24, 2.45) is 0 Å². The summed E-state index contributed by atoms with van der Waals surface area (Å²) in [6.07, 6.45) is 0. The van der Waals surface area contributed by atoms with E-state index in [1.807, 2.05) is 17.5 Å². The van der Waals surface area contributed by atoms with Gasteiger partial charge in [0.25, 0.3) is 5.69 Å². The lowest BCUT2D eigenvalue weighted by atomic mass is 10.1. The highest BCUT2D eigenvalue weighted by Gasteiger charge is 2.17. The molecule has 2 aromatic rings. The predicted molar refractivity (Wildman–Crippen MR) is 83.9 cm³/mol. The van der Waals surface area contributed by atoms with Gasteiger partial charge in [-0.1, -0.05) is 6.07 Å². The quantitative estimate of drug-likeness (QED) is 0.521. The summed E-state index contributed by atoms with van der Waals surface area (Å²) in [6, 6.07) is 13.0. The molecule has 8 heteroatoms. The summed E-state index contributed by atoms with van der Waals surface area (Å²) < 4.78 is 0. The lowest BCUT2D eigenvalue weighted by molar-refractivity contribution is -0.383. The molecule has 0 fully saturated rings. The van der Waals surface area contributed by atoms with E-state index in [4.69, 9.17) is 15.8 Å². The number of hydrogen-bond acceptors (Lipinski definition) is 7. The highest BCUT2D eigenvalue weighted by atomic mass is 32.1. The molecule has 2 rings (SSSR count). The maximum absolute atomic E-state index is 11.1. The largest absolute Gasteiger partial charge is 0.340 e. The van der Waals surface area contributed by atoms with Crippen LogP contribution in [-0.4, -0.2) is 4.92 Å². The van der Waals surface area contributed by atoms with Gasteiger partial charge in [-0.3, -0.25) is 10.1 Å². The molecule has 1 aromatic heterocycles. The molecule has 0 aliphatic rings. The number of anilines is 1. The first-order valence-corrected chi connectivity index (χ1v) is 7.02. The minimum atomic E-state index is -0.603. The summed E-state index contributed by atoms with van der Waals surface area (Å²) >= 11 is 1.46. The van der Waals surface area contributed by atoms with Gasteiger partial charge in [-0.05, 0) is 29.1 Å². The third-order valence-corrected chi connectivity index (χ3v) is 3.76. The molecule has 0 radical (unpaired) electrons. The van der Waals surface area contributed by atoms with Crippen molar-refractivity contribution >= 4 is 22.7 Å². The number of allylic oxidation sites excluding steroid dienone is 2. The molecule has 1 aromatic carbocycles. The van der Waals surface area contributed by atoms with Crippen LogP contribution >= 0.6 is 11.3 Å². The average Bonchev–Trinajstić information content (AvgIpc) is 3.09. The number of nitriles is 3. The molecule has 0 amide bonds. The molecule has 0 atom stereocenters. The minimum absolute atomic E-state index is 0.0421. The maximum Gasteiger partial charge on any atom is 0.292 e. The summed E-state index contributed by atoms with van der Waals surface area (Å²) in [5.74, 6) is 0. The highest BCUT2D eigenvalue weighted by Crippen LogP contribution is 2.33. The number of thiophene rings is 1. The Bertz CT molecular complexity index is 895. The van der Waals surface area contributed by atoms with E-state index >= 15 is 0 Å². The predicted octanol–water partition coefficient (Wildman–Crippen LogP) is 3.56. The Morgan fingerprint density at radius 2 is 1.91 bits per heavy atom. The molecule has 7 nitrogen and oxygen atoms in total. The van der Waals surface area contributed by atoms with E-state index in [0.29, 0.717) is 0 Å². The zero-order valence-electron chi connectivity index (χ0n) is 11.5. The van der Waals surface area contributed by atoms with Crippen LogP contribution < -0.4 is 5.32 Å². The molecule has 1 N–H and O–H groups in total. The van der Waals surface area contributed by atoms with Crippen LogP contribution in [0.3, 0.4) is 0 Å². The molecule has 23 heavy (non-hydrogen) atoms. The first-order valence-electron chi connectivity index (χ1n) is 6.14. The van der Waals surface area contributed by atoms with Crippen LogP contribution in [0, 0.1) is 44.1 Å². The Morgan fingerprint density at radius 1 is 1.17 bits per heavy atom. The summed E-state index contributed by atoms with van der Waals surface area (Å²) in [4.78, 5) is 11.4. The van der Waals surface area contributed by atoms with Gasteiger partial charge in [-0.2, -0.15) is 15.8 Å². The number of rotatable bonds is 4. The topological polar surface area (TPSA) is 127 Å². The second-order valence-corrected chi connectivity index (χ2v) is 5.12. The van der Waals surface area contributed by atoms with Crippen LogP contribution in [0.5, 0.6) is 0 Å². The summed E-state index contributed by atoms with van der Waals surface area (Å²) in [5, 5.41) is 42.3. The molecule has 1 heterocycles. The van der Waals surface area contributed by atoms with E-state index in [1.54, 1.807) is 24.3 Å². The van der Waals surface area contributed by atoms with Crippen LogP contribution in [0.25, 0.3) is 10.4 Å². The smallest absolute Gasteiger partial charge is 0.292 e. The fourth-order valence-corrected chi connectivity index (χ4v) is 2.53. The van der Waals surface area contributed by atoms with Crippen molar-refractivity contribution in [2.75, 3.05) is 5.32 Å². The Balaban J connectivity index is 2.56. The van der Waals surface area contributed by atoms with E-state index in [-0.39, 0.29) is 17.1 Å². The molecule has 0 aliphatic carbocycles. The van der Waals surface area contributed by atoms with E-state index in [2.05, 4.69) is 5.32 Å². The maximum atomic E-state index is 11.1. The van der Waals surface area contributed by atoms with Gasteiger partial charge in [-0.25, -0.2) is 0 Å². The van der Waals surface area contributed by atoms with Crippen LogP contribution in [0.15, 0.2) is 47.0 Å². The van der Waals surface area contributed by atoms with Crippen LogP contribution in [0.2, 0.25) is 0 Å². The zero-order chi connectivity index (χ0) is 16.8.